The quantitative estimate of drug-likeness (QED) is 0.860. The van der Waals surface area contributed by atoms with Crippen LogP contribution in [0.1, 0.15) is 55.3 Å². The third-order valence-corrected chi connectivity index (χ3v) is 5.74. The topological polar surface area (TPSA) is 67.9 Å². The molecule has 2 fully saturated rings. The van der Waals surface area contributed by atoms with E-state index in [0.717, 1.165) is 38.8 Å². The SMILES string of the molecule is COc1ccc(C(=O)NC2CCN(C(=O)C3CCCCC3)CC2)cc1OC. The van der Waals surface area contributed by atoms with E-state index in [-0.39, 0.29) is 17.9 Å². The number of amides is 2. The zero-order valence-corrected chi connectivity index (χ0v) is 16.3. The summed E-state index contributed by atoms with van der Waals surface area (Å²) < 4.78 is 10.5. The van der Waals surface area contributed by atoms with Crippen molar-refractivity contribution < 1.29 is 19.1 Å². The highest BCUT2D eigenvalue weighted by atomic mass is 16.5. The second-order valence-electron chi connectivity index (χ2n) is 7.48. The number of carbonyl (C=O) groups excluding carboxylic acids is 2. The molecular weight excluding hydrogens is 344 g/mol. The molecule has 148 valence electrons. The average Bonchev–Trinajstić information content (AvgIpc) is 2.73. The number of hydrogen-bond acceptors (Lipinski definition) is 4. The molecule has 2 amide bonds. The minimum atomic E-state index is -0.118. The second kappa shape index (κ2) is 9.11. The molecule has 1 aromatic carbocycles. The van der Waals surface area contributed by atoms with E-state index in [1.165, 1.54) is 19.3 Å². The molecule has 0 aromatic heterocycles. The number of benzene rings is 1. The van der Waals surface area contributed by atoms with E-state index < -0.39 is 0 Å². The van der Waals surface area contributed by atoms with Crippen LogP contribution >= 0.6 is 0 Å². The van der Waals surface area contributed by atoms with Crippen LogP contribution in [0.3, 0.4) is 0 Å². The number of ether oxygens (including phenoxy) is 2. The number of hydrogen-bond donors (Lipinski definition) is 1. The van der Waals surface area contributed by atoms with Crippen molar-refractivity contribution in [3.05, 3.63) is 23.8 Å². The van der Waals surface area contributed by atoms with E-state index in [9.17, 15) is 9.59 Å². The van der Waals surface area contributed by atoms with Gasteiger partial charge in [-0.3, -0.25) is 9.59 Å². The van der Waals surface area contributed by atoms with Gasteiger partial charge in [0.2, 0.25) is 5.91 Å². The van der Waals surface area contributed by atoms with E-state index in [0.29, 0.717) is 23.0 Å². The van der Waals surface area contributed by atoms with Gasteiger partial charge in [-0.05, 0) is 43.9 Å². The molecule has 2 aliphatic rings. The Labute approximate surface area is 161 Å². The van der Waals surface area contributed by atoms with Crippen molar-refractivity contribution in [2.45, 2.75) is 51.0 Å². The molecule has 1 aromatic rings. The first-order valence-corrected chi connectivity index (χ1v) is 9.94. The fraction of sp³-hybridized carbons (Fsp3) is 0.619. The van der Waals surface area contributed by atoms with Crippen LogP contribution in [-0.4, -0.2) is 50.1 Å². The van der Waals surface area contributed by atoms with Gasteiger partial charge in [0, 0.05) is 30.6 Å². The monoisotopic (exact) mass is 374 g/mol. The highest BCUT2D eigenvalue weighted by Gasteiger charge is 2.29. The summed E-state index contributed by atoms with van der Waals surface area (Å²) in [6.45, 7) is 1.46. The fourth-order valence-corrected chi connectivity index (χ4v) is 4.10. The zero-order chi connectivity index (χ0) is 19.2. The molecule has 3 rings (SSSR count). The van der Waals surface area contributed by atoms with Crippen LogP contribution in [0.4, 0.5) is 0 Å². The zero-order valence-electron chi connectivity index (χ0n) is 16.3. The van der Waals surface area contributed by atoms with Crippen molar-refractivity contribution in [1.82, 2.24) is 10.2 Å². The number of nitrogens with one attached hydrogen (secondary N) is 1. The highest BCUT2D eigenvalue weighted by molar-refractivity contribution is 5.95. The molecule has 6 heteroatoms. The van der Waals surface area contributed by atoms with Crippen LogP contribution in [0.2, 0.25) is 0 Å². The van der Waals surface area contributed by atoms with Crippen molar-refractivity contribution in [2.75, 3.05) is 27.3 Å². The summed E-state index contributed by atoms with van der Waals surface area (Å²) in [5.41, 5.74) is 0.549. The van der Waals surface area contributed by atoms with Crippen molar-refractivity contribution in [3.8, 4) is 11.5 Å². The Morgan fingerprint density at radius 1 is 0.963 bits per heavy atom. The van der Waals surface area contributed by atoms with E-state index in [1.54, 1.807) is 32.4 Å². The highest BCUT2D eigenvalue weighted by Crippen LogP contribution is 2.28. The molecule has 0 bridgehead atoms. The van der Waals surface area contributed by atoms with Gasteiger partial charge >= 0.3 is 0 Å². The molecule has 27 heavy (non-hydrogen) atoms. The van der Waals surface area contributed by atoms with E-state index in [2.05, 4.69) is 5.32 Å². The Kier molecular flexibility index (Phi) is 6.58. The molecule has 0 radical (unpaired) electrons. The summed E-state index contributed by atoms with van der Waals surface area (Å²) in [7, 11) is 3.12. The molecule has 0 spiro atoms. The first-order valence-electron chi connectivity index (χ1n) is 9.94. The summed E-state index contributed by atoms with van der Waals surface area (Å²) in [5, 5.41) is 3.09. The lowest BCUT2D eigenvalue weighted by Gasteiger charge is -2.35. The summed E-state index contributed by atoms with van der Waals surface area (Å²) >= 11 is 0. The maximum atomic E-state index is 12.6. The van der Waals surface area contributed by atoms with Crippen LogP contribution in [0.15, 0.2) is 18.2 Å². The Bertz CT molecular complexity index is 662. The molecule has 1 N–H and O–H groups in total. The number of nitrogens with zero attached hydrogens (tertiary/aromatic N) is 1. The van der Waals surface area contributed by atoms with Gasteiger partial charge in [-0.25, -0.2) is 0 Å². The summed E-state index contributed by atoms with van der Waals surface area (Å²) in [5.74, 6) is 1.56. The molecule has 1 aliphatic heterocycles. The molecule has 0 atom stereocenters. The number of carbonyl (C=O) groups is 2. The lowest BCUT2D eigenvalue weighted by molar-refractivity contribution is -0.137. The predicted molar refractivity (Wildman–Crippen MR) is 103 cm³/mol. The average molecular weight is 374 g/mol. The van der Waals surface area contributed by atoms with Gasteiger partial charge in [-0.2, -0.15) is 0 Å². The Balaban J connectivity index is 1.51. The van der Waals surface area contributed by atoms with E-state index >= 15 is 0 Å². The Morgan fingerprint density at radius 2 is 1.63 bits per heavy atom. The molecule has 1 saturated carbocycles. The number of piperidine rings is 1. The molecule has 6 nitrogen and oxygen atoms in total. The van der Waals surface area contributed by atoms with Crippen molar-refractivity contribution >= 4 is 11.8 Å². The minimum Gasteiger partial charge on any atom is -0.493 e. The smallest absolute Gasteiger partial charge is 0.251 e. The third kappa shape index (κ3) is 4.73. The van der Waals surface area contributed by atoms with Crippen LogP contribution < -0.4 is 14.8 Å². The fourth-order valence-electron chi connectivity index (χ4n) is 4.10. The van der Waals surface area contributed by atoms with Gasteiger partial charge in [-0.1, -0.05) is 19.3 Å². The number of methoxy groups -OCH3 is 2. The van der Waals surface area contributed by atoms with Gasteiger partial charge in [0.05, 0.1) is 14.2 Å². The second-order valence-corrected chi connectivity index (χ2v) is 7.48. The normalized spacial score (nSPS) is 18.8. The lowest BCUT2D eigenvalue weighted by Crippen LogP contribution is -2.48. The predicted octanol–water partition coefficient (Wildman–Crippen LogP) is 3.00. The molecular formula is C21H30N2O4. The standard InChI is InChI=1S/C21H30N2O4/c1-26-18-9-8-16(14-19(18)27-2)20(24)22-17-10-12-23(13-11-17)21(25)15-6-4-3-5-7-15/h8-9,14-15,17H,3-7,10-13H2,1-2H3,(H,22,24). The summed E-state index contributed by atoms with van der Waals surface area (Å²) in [6.07, 6.45) is 7.29. The molecule has 0 unspecified atom stereocenters. The van der Waals surface area contributed by atoms with Crippen molar-refractivity contribution in [1.29, 1.82) is 0 Å². The third-order valence-electron chi connectivity index (χ3n) is 5.74. The summed E-state index contributed by atoms with van der Waals surface area (Å²) in [6, 6.07) is 5.26. The maximum absolute atomic E-state index is 12.6. The largest absolute Gasteiger partial charge is 0.493 e. The molecule has 1 saturated heterocycles. The van der Waals surface area contributed by atoms with Crippen LogP contribution in [-0.2, 0) is 4.79 Å². The Morgan fingerprint density at radius 3 is 2.26 bits per heavy atom. The number of rotatable bonds is 5. The van der Waals surface area contributed by atoms with Crippen LogP contribution in [0.25, 0.3) is 0 Å². The first-order chi connectivity index (χ1) is 13.1. The first kappa shape index (κ1) is 19.5. The maximum Gasteiger partial charge on any atom is 0.251 e. The van der Waals surface area contributed by atoms with Crippen LogP contribution in [0.5, 0.6) is 11.5 Å². The minimum absolute atomic E-state index is 0.0982. The van der Waals surface area contributed by atoms with Gasteiger partial charge in [-0.15, -0.1) is 0 Å². The lowest BCUT2D eigenvalue weighted by atomic mass is 9.87. The van der Waals surface area contributed by atoms with E-state index in [4.69, 9.17) is 9.47 Å². The van der Waals surface area contributed by atoms with Gasteiger partial charge in [0.25, 0.3) is 5.91 Å². The Hall–Kier alpha value is -2.24. The van der Waals surface area contributed by atoms with Crippen molar-refractivity contribution in [3.63, 3.8) is 0 Å². The van der Waals surface area contributed by atoms with Gasteiger partial charge in [0.1, 0.15) is 0 Å². The van der Waals surface area contributed by atoms with E-state index in [1.807, 2.05) is 4.90 Å². The van der Waals surface area contributed by atoms with Crippen molar-refractivity contribution in [2.24, 2.45) is 5.92 Å². The van der Waals surface area contributed by atoms with Gasteiger partial charge in [0.15, 0.2) is 11.5 Å². The summed E-state index contributed by atoms with van der Waals surface area (Å²) in [4.78, 5) is 27.2. The molecule has 1 aliphatic carbocycles. The molecule has 1 heterocycles. The van der Waals surface area contributed by atoms with Crippen LogP contribution in [0, 0.1) is 5.92 Å². The number of likely N-dealkylation sites (tertiary alicyclic amines) is 1. The van der Waals surface area contributed by atoms with Gasteiger partial charge < -0.3 is 19.7 Å².